The second kappa shape index (κ2) is 6.45. The molecule has 1 aromatic carbocycles. The van der Waals surface area contributed by atoms with Crippen LogP contribution in [-0.2, 0) is 0 Å². The Morgan fingerprint density at radius 3 is 2.59 bits per heavy atom. The number of hydrogen-bond acceptors (Lipinski definition) is 2. The number of rotatable bonds is 5. The first-order valence-corrected chi connectivity index (χ1v) is 6.07. The van der Waals surface area contributed by atoms with Crippen LogP contribution in [0.1, 0.15) is 32.8 Å². The largest absolute Gasteiger partial charge is 0.496 e. The molecule has 0 atom stereocenters. The Morgan fingerprint density at radius 1 is 1.24 bits per heavy atom. The molecule has 1 rings (SSSR count). The second-order valence-corrected chi connectivity index (χ2v) is 5.11. The number of benzene rings is 1. The van der Waals surface area contributed by atoms with Gasteiger partial charge < -0.3 is 10.1 Å². The fourth-order valence-electron chi connectivity index (χ4n) is 1.54. The van der Waals surface area contributed by atoms with Crippen LogP contribution >= 0.6 is 0 Å². The van der Waals surface area contributed by atoms with Crippen molar-refractivity contribution in [2.24, 2.45) is 0 Å². The molecule has 0 saturated heterocycles. The van der Waals surface area contributed by atoms with E-state index in [2.05, 4.69) is 44.3 Å². The van der Waals surface area contributed by atoms with Gasteiger partial charge in [0, 0.05) is 11.1 Å². The standard InChI is InChI=1S/C15H23NO/c1-15(2,3)16-12-8-7-10-13-9-5-6-11-14(13)17-4/h5-7,9-11,16H,8,12H2,1-4H3. The van der Waals surface area contributed by atoms with Gasteiger partial charge in [-0.15, -0.1) is 0 Å². The fraction of sp³-hybridized carbons (Fsp3) is 0.467. The van der Waals surface area contributed by atoms with E-state index in [-0.39, 0.29) is 5.54 Å². The Morgan fingerprint density at radius 2 is 1.94 bits per heavy atom. The lowest BCUT2D eigenvalue weighted by atomic mass is 10.1. The van der Waals surface area contributed by atoms with Crippen molar-refractivity contribution in [3.8, 4) is 5.75 Å². The van der Waals surface area contributed by atoms with Crippen molar-refractivity contribution in [3.05, 3.63) is 35.9 Å². The van der Waals surface area contributed by atoms with E-state index in [4.69, 9.17) is 4.74 Å². The summed E-state index contributed by atoms with van der Waals surface area (Å²) in [6.45, 7) is 7.53. The first-order valence-electron chi connectivity index (χ1n) is 6.07. The van der Waals surface area contributed by atoms with E-state index < -0.39 is 0 Å². The highest BCUT2D eigenvalue weighted by Crippen LogP contribution is 2.18. The van der Waals surface area contributed by atoms with E-state index in [0.29, 0.717) is 0 Å². The predicted molar refractivity (Wildman–Crippen MR) is 74.4 cm³/mol. The van der Waals surface area contributed by atoms with E-state index in [1.807, 2.05) is 18.2 Å². The zero-order valence-electron chi connectivity index (χ0n) is 11.3. The van der Waals surface area contributed by atoms with Crippen molar-refractivity contribution >= 4 is 6.08 Å². The molecular weight excluding hydrogens is 210 g/mol. The Kier molecular flexibility index (Phi) is 5.23. The molecule has 0 aromatic heterocycles. The first kappa shape index (κ1) is 13.8. The third-order valence-electron chi connectivity index (χ3n) is 2.40. The molecule has 0 aliphatic rings. The maximum Gasteiger partial charge on any atom is 0.126 e. The molecule has 2 nitrogen and oxygen atoms in total. The van der Waals surface area contributed by atoms with E-state index in [1.165, 1.54) is 0 Å². The van der Waals surface area contributed by atoms with Crippen LogP contribution in [0.5, 0.6) is 5.75 Å². The smallest absolute Gasteiger partial charge is 0.126 e. The monoisotopic (exact) mass is 233 g/mol. The van der Waals surface area contributed by atoms with Crippen molar-refractivity contribution in [2.45, 2.75) is 32.7 Å². The SMILES string of the molecule is COc1ccccc1C=CCCNC(C)(C)C. The summed E-state index contributed by atoms with van der Waals surface area (Å²) < 4.78 is 5.29. The summed E-state index contributed by atoms with van der Waals surface area (Å²) in [5.41, 5.74) is 1.32. The number of hydrogen-bond donors (Lipinski definition) is 1. The van der Waals surface area contributed by atoms with Gasteiger partial charge in [-0.3, -0.25) is 0 Å². The molecule has 0 aliphatic heterocycles. The summed E-state index contributed by atoms with van der Waals surface area (Å²) in [6.07, 6.45) is 5.31. The summed E-state index contributed by atoms with van der Waals surface area (Å²) in [6, 6.07) is 8.05. The lowest BCUT2D eigenvalue weighted by Crippen LogP contribution is -2.36. The molecule has 1 aromatic rings. The van der Waals surface area contributed by atoms with Crippen LogP contribution in [0.15, 0.2) is 30.3 Å². The van der Waals surface area contributed by atoms with E-state index in [9.17, 15) is 0 Å². The Hall–Kier alpha value is -1.28. The van der Waals surface area contributed by atoms with Crippen LogP contribution in [0.3, 0.4) is 0 Å². The molecule has 0 spiro atoms. The summed E-state index contributed by atoms with van der Waals surface area (Å²) in [5.74, 6) is 0.924. The lowest BCUT2D eigenvalue weighted by molar-refractivity contribution is 0.414. The van der Waals surface area contributed by atoms with Crippen LogP contribution < -0.4 is 10.1 Å². The molecule has 0 radical (unpaired) electrons. The van der Waals surface area contributed by atoms with Crippen LogP contribution in [0.25, 0.3) is 6.08 Å². The Labute approximate surface area is 105 Å². The van der Waals surface area contributed by atoms with Crippen LogP contribution in [-0.4, -0.2) is 19.2 Å². The van der Waals surface area contributed by atoms with Crippen LogP contribution in [0, 0.1) is 0 Å². The average molecular weight is 233 g/mol. The molecule has 2 heteroatoms. The minimum Gasteiger partial charge on any atom is -0.496 e. The molecule has 0 bridgehead atoms. The first-order chi connectivity index (χ1) is 8.03. The van der Waals surface area contributed by atoms with Gasteiger partial charge in [0.25, 0.3) is 0 Å². The zero-order chi connectivity index (χ0) is 12.7. The number of nitrogens with one attached hydrogen (secondary N) is 1. The minimum atomic E-state index is 0.193. The van der Waals surface area contributed by atoms with Gasteiger partial charge in [0.15, 0.2) is 0 Å². The third-order valence-corrected chi connectivity index (χ3v) is 2.40. The number of methoxy groups -OCH3 is 1. The van der Waals surface area contributed by atoms with Gasteiger partial charge in [0.2, 0.25) is 0 Å². The molecule has 0 saturated carbocycles. The Balaban J connectivity index is 2.43. The minimum absolute atomic E-state index is 0.193. The molecule has 94 valence electrons. The highest BCUT2D eigenvalue weighted by molar-refractivity contribution is 5.56. The predicted octanol–water partition coefficient (Wildman–Crippen LogP) is 3.49. The van der Waals surface area contributed by atoms with E-state index in [1.54, 1.807) is 7.11 Å². The topological polar surface area (TPSA) is 21.3 Å². The zero-order valence-corrected chi connectivity index (χ0v) is 11.3. The van der Waals surface area contributed by atoms with Gasteiger partial charge in [0.1, 0.15) is 5.75 Å². The van der Waals surface area contributed by atoms with Crippen molar-refractivity contribution in [2.75, 3.05) is 13.7 Å². The molecule has 0 aliphatic carbocycles. The molecule has 0 heterocycles. The lowest BCUT2D eigenvalue weighted by Gasteiger charge is -2.19. The summed E-state index contributed by atoms with van der Waals surface area (Å²) in [7, 11) is 1.70. The molecule has 0 amide bonds. The van der Waals surface area contributed by atoms with Crippen molar-refractivity contribution < 1.29 is 4.74 Å². The van der Waals surface area contributed by atoms with Gasteiger partial charge in [-0.1, -0.05) is 30.4 Å². The second-order valence-electron chi connectivity index (χ2n) is 5.11. The summed E-state index contributed by atoms with van der Waals surface area (Å²) >= 11 is 0. The van der Waals surface area contributed by atoms with E-state index in [0.717, 1.165) is 24.3 Å². The molecule has 0 unspecified atom stereocenters. The van der Waals surface area contributed by atoms with Crippen molar-refractivity contribution in [3.63, 3.8) is 0 Å². The van der Waals surface area contributed by atoms with Crippen LogP contribution in [0.4, 0.5) is 0 Å². The summed E-state index contributed by atoms with van der Waals surface area (Å²) in [4.78, 5) is 0. The molecule has 0 fully saturated rings. The number of para-hydroxylation sites is 1. The van der Waals surface area contributed by atoms with Gasteiger partial charge >= 0.3 is 0 Å². The van der Waals surface area contributed by atoms with Crippen molar-refractivity contribution in [1.29, 1.82) is 0 Å². The van der Waals surface area contributed by atoms with Gasteiger partial charge in [-0.05, 0) is 39.8 Å². The Bertz CT molecular complexity index is 363. The van der Waals surface area contributed by atoms with Gasteiger partial charge in [-0.2, -0.15) is 0 Å². The maximum absolute atomic E-state index is 5.29. The molecule has 17 heavy (non-hydrogen) atoms. The molecular formula is C15H23NO. The quantitative estimate of drug-likeness (QED) is 0.786. The highest BCUT2D eigenvalue weighted by atomic mass is 16.5. The van der Waals surface area contributed by atoms with E-state index >= 15 is 0 Å². The maximum atomic E-state index is 5.29. The third kappa shape index (κ3) is 5.55. The highest BCUT2D eigenvalue weighted by Gasteiger charge is 2.06. The average Bonchev–Trinajstić information content (AvgIpc) is 2.27. The van der Waals surface area contributed by atoms with Crippen LogP contribution in [0.2, 0.25) is 0 Å². The molecule has 1 N–H and O–H groups in total. The van der Waals surface area contributed by atoms with Gasteiger partial charge in [-0.25, -0.2) is 0 Å². The normalized spacial score (nSPS) is 12.0. The number of ether oxygens (including phenoxy) is 1. The summed E-state index contributed by atoms with van der Waals surface area (Å²) in [5, 5.41) is 3.45. The van der Waals surface area contributed by atoms with Gasteiger partial charge in [0.05, 0.1) is 7.11 Å². The van der Waals surface area contributed by atoms with Crippen molar-refractivity contribution in [1.82, 2.24) is 5.32 Å². The fourth-order valence-corrected chi connectivity index (χ4v) is 1.54.